The van der Waals surface area contributed by atoms with Gasteiger partial charge in [0.1, 0.15) is 39.2 Å². The van der Waals surface area contributed by atoms with Crippen LogP contribution >= 0.6 is 11.3 Å². The summed E-state index contributed by atoms with van der Waals surface area (Å²) in [6, 6.07) is 46.7. The Kier molecular flexibility index (Phi) is 7.64. The zero-order valence-electron chi connectivity index (χ0n) is 28.8. The lowest BCUT2D eigenvalue weighted by Gasteiger charge is -2.20. The van der Waals surface area contributed by atoms with Crippen LogP contribution in [0.1, 0.15) is 0 Å². The van der Waals surface area contributed by atoms with E-state index in [-0.39, 0.29) is 33.1 Å². The molecule has 0 amide bonds. The lowest BCUT2D eigenvalue weighted by atomic mass is 9.60. The molecule has 54 heavy (non-hydrogen) atoms. The first kappa shape index (κ1) is 32.7. The summed E-state index contributed by atoms with van der Waals surface area (Å²) in [4.78, 5) is 14.7. The van der Waals surface area contributed by atoms with E-state index in [1.54, 1.807) is 11.3 Å². The second-order valence-electron chi connectivity index (χ2n) is 13.5. The molecule has 10 aromatic rings. The fourth-order valence-corrected chi connectivity index (χ4v) is 8.82. The van der Waals surface area contributed by atoms with E-state index in [1.165, 1.54) is 42.4 Å². The summed E-state index contributed by atoms with van der Waals surface area (Å²) in [7, 11) is 31.7. The summed E-state index contributed by atoms with van der Waals surface area (Å²) in [5, 5.41) is 9.75. The number of fused-ring (bicyclic) bond motifs is 9. The predicted molar refractivity (Wildman–Crippen MR) is 234 cm³/mol. The maximum absolute atomic E-state index is 6.51. The smallest absolute Gasteiger partial charge is 0.164 e. The Bertz CT molecular complexity index is 3120. The number of benzene rings is 8. The van der Waals surface area contributed by atoms with Crippen LogP contribution in [-0.4, -0.2) is 54.2 Å². The van der Waals surface area contributed by atoms with E-state index in [1.807, 2.05) is 36.4 Å². The standard InChI is InChI=1S/C45H22B5N3S/c46-38-37(39(47)41(49)42(50)40(38)48)45-52-43(23-9-2-1-3-10-23)51-44(53-45)25-18-20-34-33(22-25)36-26(15-8-16-35(36)54-34)24-17-19-31-29-13-5-4-11-27(29)28-12-6-7-14-30(28)32(31)21-24/h1-22H. The van der Waals surface area contributed by atoms with Gasteiger partial charge in [0.25, 0.3) is 0 Å². The highest BCUT2D eigenvalue weighted by Crippen LogP contribution is 2.43. The Labute approximate surface area is 322 Å². The van der Waals surface area contributed by atoms with Crippen LogP contribution in [0.5, 0.6) is 0 Å². The molecule has 0 N–H and O–H groups in total. The van der Waals surface area contributed by atoms with Gasteiger partial charge in [-0.3, -0.25) is 0 Å². The van der Waals surface area contributed by atoms with Crippen molar-refractivity contribution in [3.63, 3.8) is 0 Å². The molecule has 10 rings (SSSR count). The van der Waals surface area contributed by atoms with Crippen molar-refractivity contribution < 1.29 is 0 Å². The second kappa shape index (κ2) is 12.6. The van der Waals surface area contributed by atoms with Crippen molar-refractivity contribution in [2.24, 2.45) is 0 Å². The fraction of sp³-hybridized carbons (Fsp3) is 0. The molecule has 0 fully saturated rings. The zero-order chi connectivity index (χ0) is 36.7. The van der Waals surface area contributed by atoms with Crippen LogP contribution in [0.15, 0.2) is 133 Å². The van der Waals surface area contributed by atoms with E-state index in [4.69, 9.17) is 54.2 Å². The largest absolute Gasteiger partial charge is 0.208 e. The molecule has 0 spiro atoms. The molecule has 238 valence electrons. The normalized spacial score (nSPS) is 11.7. The molecule has 0 saturated carbocycles. The number of aromatic nitrogens is 3. The lowest BCUT2D eigenvalue weighted by molar-refractivity contribution is 1.08. The van der Waals surface area contributed by atoms with Crippen LogP contribution in [-0.2, 0) is 0 Å². The van der Waals surface area contributed by atoms with Crippen LogP contribution < -0.4 is 27.3 Å². The molecule has 8 aromatic carbocycles. The third-order valence-electron chi connectivity index (χ3n) is 10.4. The minimum atomic E-state index is 0.129. The highest BCUT2D eigenvalue weighted by atomic mass is 32.1. The van der Waals surface area contributed by atoms with Crippen LogP contribution in [0.25, 0.3) is 97.8 Å². The quantitative estimate of drug-likeness (QED) is 0.160. The Balaban J connectivity index is 1.19. The van der Waals surface area contributed by atoms with Crippen molar-refractivity contribution in [1.29, 1.82) is 0 Å². The van der Waals surface area contributed by atoms with Gasteiger partial charge in [0.15, 0.2) is 17.5 Å². The lowest BCUT2D eigenvalue weighted by Crippen LogP contribution is -2.55. The molecule has 9 heteroatoms. The molecule has 0 aliphatic rings. The molecule has 3 nitrogen and oxygen atoms in total. The average molecular weight is 691 g/mol. The minimum absolute atomic E-state index is 0.129. The molecule has 0 bridgehead atoms. The van der Waals surface area contributed by atoms with Crippen LogP contribution in [0, 0.1) is 0 Å². The van der Waals surface area contributed by atoms with Gasteiger partial charge in [0.2, 0.25) is 0 Å². The molecule has 10 radical (unpaired) electrons. The average Bonchev–Trinajstić information content (AvgIpc) is 3.61. The fourth-order valence-electron chi connectivity index (χ4n) is 7.71. The maximum Gasteiger partial charge on any atom is 0.164 e. The Morgan fingerprint density at radius 3 is 1.54 bits per heavy atom. The van der Waals surface area contributed by atoms with Crippen molar-refractivity contribution in [2.75, 3.05) is 0 Å². The molecule has 0 saturated heterocycles. The van der Waals surface area contributed by atoms with Gasteiger partial charge in [-0.15, -0.1) is 27.7 Å². The van der Waals surface area contributed by atoms with Crippen LogP contribution in [0.4, 0.5) is 0 Å². The molecule has 0 atom stereocenters. The summed E-state index contributed by atoms with van der Waals surface area (Å²) >= 11 is 1.77. The maximum atomic E-state index is 6.51. The third-order valence-corrected chi connectivity index (χ3v) is 11.5. The van der Waals surface area contributed by atoms with Gasteiger partial charge >= 0.3 is 0 Å². The number of nitrogens with zero attached hydrogens (tertiary/aromatic N) is 3. The van der Waals surface area contributed by atoms with Gasteiger partial charge in [0.05, 0.1) is 0 Å². The first-order chi connectivity index (χ1) is 26.4. The van der Waals surface area contributed by atoms with E-state index in [0.29, 0.717) is 17.2 Å². The van der Waals surface area contributed by atoms with Gasteiger partial charge < -0.3 is 0 Å². The van der Waals surface area contributed by atoms with Gasteiger partial charge in [-0.25, -0.2) is 15.0 Å². The molecule has 2 heterocycles. The molecular formula is C45H22B5N3S. The molecule has 2 aromatic heterocycles. The van der Waals surface area contributed by atoms with Gasteiger partial charge in [-0.2, -0.15) is 0 Å². The van der Waals surface area contributed by atoms with Crippen molar-refractivity contribution in [3.8, 4) is 45.3 Å². The van der Waals surface area contributed by atoms with Crippen molar-refractivity contribution in [3.05, 3.63) is 133 Å². The number of hydrogen-bond acceptors (Lipinski definition) is 4. The van der Waals surface area contributed by atoms with E-state index in [0.717, 1.165) is 32.3 Å². The topological polar surface area (TPSA) is 38.7 Å². The highest BCUT2D eigenvalue weighted by molar-refractivity contribution is 7.26. The Morgan fingerprint density at radius 2 is 0.870 bits per heavy atom. The van der Waals surface area contributed by atoms with Crippen molar-refractivity contribution in [1.82, 2.24) is 15.0 Å². The Morgan fingerprint density at radius 1 is 0.352 bits per heavy atom. The zero-order valence-corrected chi connectivity index (χ0v) is 29.7. The molecule has 0 unspecified atom stereocenters. The highest BCUT2D eigenvalue weighted by Gasteiger charge is 2.20. The SMILES string of the molecule is [B]c1c([B])c([B])c(-c2nc(-c3ccccc3)nc(-c3ccc4sc5cccc(-c6ccc7c8ccccc8c8ccccc8c7c6)c5c4c3)n2)c([B])c1[B]. The molecule has 0 aliphatic heterocycles. The third kappa shape index (κ3) is 5.06. The predicted octanol–water partition coefficient (Wildman–Crippen LogP) is 6.34. The summed E-state index contributed by atoms with van der Waals surface area (Å²) in [6.45, 7) is 0. The van der Waals surface area contributed by atoms with E-state index < -0.39 is 0 Å². The second-order valence-corrected chi connectivity index (χ2v) is 14.5. The van der Waals surface area contributed by atoms with Crippen molar-refractivity contribution >= 4 is 130 Å². The first-order valence-electron chi connectivity index (χ1n) is 17.5. The molecule has 0 aliphatic carbocycles. The van der Waals surface area contributed by atoms with Gasteiger partial charge in [0, 0.05) is 36.9 Å². The van der Waals surface area contributed by atoms with Crippen molar-refractivity contribution in [2.45, 2.75) is 0 Å². The Hall–Kier alpha value is -5.91. The summed E-state index contributed by atoms with van der Waals surface area (Å²) < 4.78 is 2.35. The monoisotopic (exact) mass is 691 g/mol. The van der Waals surface area contributed by atoms with E-state index in [2.05, 4.69) is 97.1 Å². The molecular weight excluding hydrogens is 669 g/mol. The first-order valence-corrected chi connectivity index (χ1v) is 18.3. The summed E-state index contributed by atoms with van der Waals surface area (Å²) in [5.74, 6) is 1.16. The number of rotatable bonds is 4. The van der Waals surface area contributed by atoms with Gasteiger partial charge in [-0.05, 0) is 73.8 Å². The minimum Gasteiger partial charge on any atom is -0.208 e. The van der Waals surface area contributed by atoms with Crippen LogP contribution in [0.2, 0.25) is 0 Å². The van der Waals surface area contributed by atoms with E-state index >= 15 is 0 Å². The van der Waals surface area contributed by atoms with Gasteiger partial charge in [-0.1, -0.05) is 114 Å². The number of thiophene rings is 1. The summed E-state index contributed by atoms with van der Waals surface area (Å²) in [5.41, 5.74) is 4.96. The summed E-state index contributed by atoms with van der Waals surface area (Å²) in [6.07, 6.45) is 0. The number of hydrogen-bond donors (Lipinski definition) is 0. The van der Waals surface area contributed by atoms with Crippen LogP contribution in [0.3, 0.4) is 0 Å². The van der Waals surface area contributed by atoms with E-state index in [9.17, 15) is 0 Å².